The molecule has 28 heavy (non-hydrogen) atoms. The topological polar surface area (TPSA) is 23.6 Å². The Morgan fingerprint density at radius 1 is 0.643 bits per heavy atom. The van der Waals surface area contributed by atoms with Gasteiger partial charge in [0.05, 0.1) is 0 Å². The highest BCUT2D eigenvalue weighted by Crippen LogP contribution is 2.36. The van der Waals surface area contributed by atoms with Crippen LogP contribution in [0.3, 0.4) is 0 Å². The predicted molar refractivity (Wildman–Crippen MR) is 116 cm³/mol. The van der Waals surface area contributed by atoms with Gasteiger partial charge in [0.15, 0.2) is 0 Å². The molecule has 4 heterocycles. The predicted octanol–water partition coefficient (Wildman–Crippen LogP) is 4.58. The number of nitrogens with zero attached hydrogens (tertiary/aromatic N) is 2. The summed E-state index contributed by atoms with van der Waals surface area (Å²) >= 11 is 0. The maximum atomic E-state index is 10.8. The van der Waals surface area contributed by atoms with Crippen molar-refractivity contribution >= 4 is 17.7 Å². The SMILES string of the molecule is O=Cc1cc2c3c(c1)CCCN3CCC2.c1cc2c3c(c1)CCCN3CCC2. The molecule has 3 heteroatoms. The molecular formula is C25H30N2O. The van der Waals surface area contributed by atoms with Crippen LogP contribution in [0, 0.1) is 0 Å². The Morgan fingerprint density at radius 2 is 1.07 bits per heavy atom. The van der Waals surface area contributed by atoms with Gasteiger partial charge >= 0.3 is 0 Å². The number of para-hydroxylation sites is 1. The van der Waals surface area contributed by atoms with Crippen molar-refractivity contribution in [2.45, 2.75) is 51.4 Å². The highest BCUT2D eigenvalue weighted by molar-refractivity contribution is 5.79. The molecule has 6 rings (SSSR count). The number of hydrogen-bond acceptors (Lipinski definition) is 3. The van der Waals surface area contributed by atoms with Gasteiger partial charge in [0.2, 0.25) is 0 Å². The van der Waals surface area contributed by atoms with E-state index in [2.05, 4.69) is 40.1 Å². The summed E-state index contributed by atoms with van der Waals surface area (Å²) in [5.41, 5.74) is 9.83. The summed E-state index contributed by atoms with van der Waals surface area (Å²) in [4.78, 5) is 15.9. The van der Waals surface area contributed by atoms with Crippen molar-refractivity contribution in [3.8, 4) is 0 Å². The van der Waals surface area contributed by atoms with Crippen molar-refractivity contribution in [3.63, 3.8) is 0 Å². The lowest BCUT2D eigenvalue weighted by Crippen LogP contribution is -2.34. The Bertz CT molecular complexity index is 829. The normalized spacial score (nSPS) is 19.1. The largest absolute Gasteiger partial charge is 0.371 e. The van der Waals surface area contributed by atoms with Crippen molar-refractivity contribution in [2.24, 2.45) is 0 Å². The van der Waals surface area contributed by atoms with Gasteiger partial charge in [-0.2, -0.15) is 0 Å². The first-order chi connectivity index (χ1) is 13.8. The van der Waals surface area contributed by atoms with Gasteiger partial charge in [-0.1, -0.05) is 18.2 Å². The van der Waals surface area contributed by atoms with E-state index < -0.39 is 0 Å². The maximum Gasteiger partial charge on any atom is 0.150 e. The number of aldehydes is 1. The average Bonchev–Trinajstić information content (AvgIpc) is 2.75. The molecule has 0 spiro atoms. The second-order valence-corrected chi connectivity index (χ2v) is 8.62. The second kappa shape index (κ2) is 7.62. The minimum atomic E-state index is 0.854. The molecule has 0 fully saturated rings. The maximum absolute atomic E-state index is 10.8. The number of hydrogen-bond donors (Lipinski definition) is 0. The summed E-state index contributed by atoms with van der Waals surface area (Å²) in [6.07, 6.45) is 11.0. The fourth-order valence-electron chi connectivity index (χ4n) is 5.61. The molecule has 3 nitrogen and oxygen atoms in total. The number of rotatable bonds is 1. The van der Waals surface area contributed by atoms with Crippen LogP contribution in [0.25, 0.3) is 0 Å². The first kappa shape index (κ1) is 17.8. The summed E-state index contributed by atoms with van der Waals surface area (Å²) in [5, 5.41) is 0. The third-order valence-electron chi connectivity index (χ3n) is 6.76. The standard InChI is InChI=1S/C13H15NO.C12H15N/c15-9-10-7-11-3-1-5-14-6-2-4-12(8-10)13(11)14;1-4-10-6-2-8-13-9-3-7-11(5-1)12(10)13/h7-9H,1-6H2;1,4-5H,2-3,6-9H2. The zero-order valence-corrected chi connectivity index (χ0v) is 16.8. The van der Waals surface area contributed by atoms with Gasteiger partial charge in [0, 0.05) is 43.1 Å². The molecule has 2 aromatic carbocycles. The van der Waals surface area contributed by atoms with Crippen LogP contribution in [0.4, 0.5) is 11.4 Å². The van der Waals surface area contributed by atoms with Crippen molar-refractivity contribution in [1.29, 1.82) is 0 Å². The zero-order chi connectivity index (χ0) is 18.9. The van der Waals surface area contributed by atoms with E-state index in [0.717, 1.165) is 24.7 Å². The van der Waals surface area contributed by atoms with Crippen LogP contribution in [0.15, 0.2) is 30.3 Å². The Hall–Kier alpha value is -2.29. The third-order valence-corrected chi connectivity index (χ3v) is 6.76. The van der Waals surface area contributed by atoms with Crippen LogP contribution in [-0.4, -0.2) is 32.5 Å². The number of anilines is 2. The minimum Gasteiger partial charge on any atom is -0.371 e. The summed E-state index contributed by atoms with van der Waals surface area (Å²) in [7, 11) is 0. The number of carbonyl (C=O) groups excluding carboxylic acids is 1. The Morgan fingerprint density at radius 3 is 1.54 bits per heavy atom. The molecule has 0 bridgehead atoms. The number of carbonyl (C=O) groups is 1. The van der Waals surface area contributed by atoms with Gasteiger partial charge < -0.3 is 9.80 Å². The van der Waals surface area contributed by atoms with Gasteiger partial charge in [-0.3, -0.25) is 4.79 Å². The summed E-state index contributed by atoms with van der Waals surface area (Å²) in [5.74, 6) is 0. The van der Waals surface area contributed by atoms with E-state index >= 15 is 0 Å². The lowest BCUT2D eigenvalue weighted by atomic mass is 9.90. The van der Waals surface area contributed by atoms with Crippen LogP contribution in [0.2, 0.25) is 0 Å². The number of aryl methyl sites for hydroxylation is 4. The molecule has 0 unspecified atom stereocenters. The summed E-state index contributed by atoms with van der Waals surface area (Å²) < 4.78 is 0. The first-order valence-electron chi connectivity index (χ1n) is 11.0. The average molecular weight is 375 g/mol. The van der Waals surface area contributed by atoms with Crippen LogP contribution >= 0.6 is 0 Å². The molecule has 0 aromatic heterocycles. The van der Waals surface area contributed by atoms with E-state index in [1.807, 2.05) is 0 Å². The Balaban J connectivity index is 0.000000123. The van der Waals surface area contributed by atoms with Gasteiger partial charge in [-0.05, 0) is 85.8 Å². The highest BCUT2D eigenvalue weighted by atomic mass is 16.1. The van der Waals surface area contributed by atoms with Crippen molar-refractivity contribution in [1.82, 2.24) is 0 Å². The van der Waals surface area contributed by atoms with Gasteiger partial charge in [0.25, 0.3) is 0 Å². The fourth-order valence-corrected chi connectivity index (χ4v) is 5.61. The highest BCUT2D eigenvalue weighted by Gasteiger charge is 2.24. The molecule has 0 aliphatic carbocycles. The van der Waals surface area contributed by atoms with Crippen molar-refractivity contribution < 1.29 is 4.79 Å². The molecule has 0 amide bonds. The molecule has 0 atom stereocenters. The first-order valence-corrected chi connectivity index (χ1v) is 11.0. The van der Waals surface area contributed by atoms with Crippen molar-refractivity contribution in [2.75, 3.05) is 36.0 Å². The smallest absolute Gasteiger partial charge is 0.150 e. The third kappa shape index (κ3) is 3.21. The molecule has 0 radical (unpaired) electrons. The Labute approximate surface area is 168 Å². The fraction of sp³-hybridized carbons (Fsp3) is 0.480. The van der Waals surface area contributed by atoms with E-state index in [0.29, 0.717) is 0 Å². The lowest BCUT2D eigenvalue weighted by molar-refractivity contribution is 0.112. The van der Waals surface area contributed by atoms with Gasteiger partial charge in [-0.25, -0.2) is 0 Å². The van der Waals surface area contributed by atoms with E-state index in [-0.39, 0.29) is 0 Å². The Kier molecular flexibility index (Phi) is 4.84. The molecule has 2 aromatic rings. The van der Waals surface area contributed by atoms with Crippen LogP contribution in [0.5, 0.6) is 0 Å². The zero-order valence-electron chi connectivity index (χ0n) is 16.8. The van der Waals surface area contributed by atoms with Crippen LogP contribution in [-0.2, 0) is 25.7 Å². The molecule has 4 aliphatic heterocycles. The van der Waals surface area contributed by atoms with Crippen LogP contribution in [0.1, 0.15) is 58.3 Å². The second-order valence-electron chi connectivity index (χ2n) is 8.62. The molecular weight excluding hydrogens is 344 g/mol. The van der Waals surface area contributed by atoms with E-state index in [1.54, 1.807) is 16.8 Å². The van der Waals surface area contributed by atoms with Gasteiger partial charge in [0.1, 0.15) is 6.29 Å². The minimum absolute atomic E-state index is 0.854. The summed E-state index contributed by atoms with van der Waals surface area (Å²) in [6.45, 7) is 4.95. The lowest BCUT2D eigenvalue weighted by Gasteiger charge is -2.37. The van der Waals surface area contributed by atoms with E-state index in [1.165, 1.54) is 81.5 Å². The van der Waals surface area contributed by atoms with Crippen LogP contribution < -0.4 is 9.80 Å². The number of benzene rings is 2. The molecule has 0 saturated heterocycles. The summed E-state index contributed by atoms with van der Waals surface area (Å²) in [6, 6.07) is 11.0. The molecule has 146 valence electrons. The molecule has 0 saturated carbocycles. The van der Waals surface area contributed by atoms with Gasteiger partial charge in [-0.15, -0.1) is 0 Å². The quantitative estimate of drug-likeness (QED) is 0.683. The monoisotopic (exact) mass is 374 g/mol. The van der Waals surface area contributed by atoms with E-state index in [4.69, 9.17) is 0 Å². The molecule has 4 aliphatic rings. The van der Waals surface area contributed by atoms with E-state index in [9.17, 15) is 4.79 Å². The van der Waals surface area contributed by atoms with Crippen molar-refractivity contribution in [3.05, 3.63) is 58.1 Å². The molecule has 0 N–H and O–H groups in total.